The Morgan fingerprint density at radius 1 is 1.35 bits per heavy atom. The third-order valence-electron chi connectivity index (χ3n) is 3.36. The lowest BCUT2D eigenvalue weighted by atomic mass is 9.88. The first-order valence-electron chi connectivity index (χ1n) is 6.19. The highest BCUT2D eigenvalue weighted by Crippen LogP contribution is 2.27. The van der Waals surface area contributed by atoms with Crippen molar-refractivity contribution in [2.45, 2.75) is 26.3 Å². The molecular weight excluding hydrogens is 234 g/mol. The van der Waals surface area contributed by atoms with Crippen molar-refractivity contribution in [2.24, 2.45) is 5.41 Å². The van der Waals surface area contributed by atoms with Crippen molar-refractivity contribution in [1.29, 1.82) is 0 Å². The average Bonchev–Trinajstić information content (AvgIpc) is 2.30. The van der Waals surface area contributed by atoms with E-state index in [0.717, 1.165) is 31.2 Å². The van der Waals surface area contributed by atoms with Crippen LogP contribution in [0.25, 0.3) is 0 Å². The summed E-state index contributed by atoms with van der Waals surface area (Å²) in [6.07, 6.45) is 1.08. The van der Waals surface area contributed by atoms with Gasteiger partial charge in [-0.05, 0) is 24.1 Å². The van der Waals surface area contributed by atoms with E-state index in [1.807, 2.05) is 12.1 Å². The fourth-order valence-corrected chi connectivity index (χ4v) is 2.24. The Balaban J connectivity index is 1.94. The highest BCUT2D eigenvalue weighted by atomic mass is 35.5. The normalized spacial score (nSPS) is 19.7. The summed E-state index contributed by atoms with van der Waals surface area (Å²) < 4.78 is 5.27. The van der Waals surface area contributed by atoms with Gasteiger partial charge in [0.1, 0.15) is 0 Å². The summed E-state index contributed by atoms with van der Waals surface area (Å²) in [7, 11) is 0. The summed E-state index contributed by atoms with van der Waals surface area (Å²) in [5.74, 6) is 0. The molecule has 1 heterocycles. The quantitative estimate of drug-likeness (QED) is 0.868. The maximum atomic E-state index is 5.90. The monoisotopic (exact) mass is 253 g/mol. The molecule has 1 aliphatic heterocycles. The van der Waals surface area contributed by atoms with E-state index in [4.69, 9.17) is 16.3 Å². The first kappa shape index (κ1) is 12.9. The van der Waals surface area contributed by atoms with E-state index < -0.39 is 0 Å². The molecule has 0 spiro atoms. The van der Waals surface area contributed by atoms with Crippen molar-refractivity contribution < 1.29 is 4.74 Å². The Hall–Kier alpha value is -0.570. The minimum absolute atomic E-state index is 0.319. The molecule has 0 aromatic heterocycles. The maximum absolute atomic E-state index is 5.90. The third kappa shape index (κ3) is 3.21. The predicted octanol–water partition coefficient (Wildman–Crippen LogP) is 3.42. The van der Waals surface area contributed by atoms with Gasteiger partial charge in [-0.1, -0.05) is 37.6 Å². The van der Waals surface area contributed by atoms with Gasteiger partial charge in [0.2, 0.25) is 0 Å². The lowest BCUT2D eigenvalue weighted by Crippen LogP contribution is -2.47. The highest BCUT2D eigenvalue weighted by molar-refractivity contribution is 6.30. The number of halogens is 1. The summed E-state index contributed by atoms with van der Waals surface area (Å²) >= 11 is 5.90. The molecule has 0 amide bonds. The van der Waals surface area contributed by atoms with Gasteiger partial charge in [0, 0.05) is 23.0 Å². The van der Waals surface area contributed by atoms with Crippen LogP contribution in [0.3, 0.4) is 0 Å². The fraction of sp³-hybridized carbons (Fsp3) is 0.571. The van der Waals surface area contributed by atoms with Crippen LogP contribution in [-0.4, -0.2) is 19.8 Å². The molecule has 1 saturated heterocycles. The zero-order chi connectivity index (χ0) is 12.3. The van der Waals surface area contributed by atoms with Crippen LogP contribution in [0.1, 0.15) is 31.9 Å². The molecule has 1 unspecified atom stereocenters. The Kier molecular flexibility index (Phi) is 4.08. The summed E-state index contributed by atoms with van der Waals surface area (Å²) in [5, 5.41) is 4.42. The van der Waals surface area contributed by atoms with E-state index in [1.54, 1.807) is 0 Å². The number of benzene rings is 1. The minimum Gasteiger partial charge on any atom is -0.380 e. The van der Waals surface area contributed by atoms with Gasteiger partial charge in [0.15, 0.2) is 0 Å². The molecule has 0 radical (unpaired) electrons. The Labute approximate surface area is 108 Å². The lowest BCUT2D eigenvalue weighted by molar-refractivity contribution is -0.100. The fourth-order valence-electron chi connectivity index (χ4n) is 2.12. The van der Waals surface area contributed by atoms with Gasteiger partial charge in [-0.2, -0.15) is 0 Å². The molecule has 2 rings (SSSR count). The highest BCUT2D eigenvalue weighted by Gasteiger charge is 2.33. The molecule has 1 aromatic rings. The van der Waals surface area contributed by atoms with E-state index in [0.29, 0.717) is 11.5 Å². The Morgan fingerprint density at radius 2 is 2.00 bits per heavy atom. The second-order valence-corrected chi connectivity index (χ2v) is 5.63. The van der Waals surface area contributed by atoms with Gasteiger partial charge in [-0.25, -0.2) is 0 Å². The first-order chi connectivity index (χ1) is 8.13. The lowest BCUT2D eigenvalue weighted by Gasteiger charge is -2.39. The molecule has 3 heteroatoms. The molecule has 2 nitrogen and oxygen atoms in total. The molecular formula is C14H20ClNO. The third-order valence-corrected chi connectivity index (χ3v) is 3.61. The average molecular weight is 254 g/mol. The van der Waals surface area contributed by atoms with Crippen LogP contribution in [0.15, 0.2) is 24.3 Å². The van der Waals surface area contributed by atoms with Crippen LogP contribution in [0.2, 0.25) is 5.02 Å². The zero-order valence-corrected chi connectivity index (χ0v) is 11.3. The summed E-state index contributed by atoms with van der Waals surface area (Å²) in [4.78, 5) is 0. The van der Waals surface area contributed by atoms with Crippen molar-refractivity contribution in [3.63, 3.8) is 0 Å². The van der Waals surface area contributed by atoms with Crippen molar-refractivity contribution >= 4 is 11.6 Å². The van der Waals surface area contributed by atoms with Crippen LogP contribution in [0.4, 0.5) is 0 Å². The molecule has 17 heavy (non-hydrogen) atoms. The molecule has 94 valence electrons. The second-order valence-electron chi connectivity index (χ2n) is 5.20. The van der Waals surface area contributed by atoms with Crippen molar-refractivity contribution in [3.8, 4) is 0 Å². The van der Waals surface area contributed by atoms with E-state index in [1.165, 1.54) is 5.56 Å². The van der Waals surface area contributed by atoms with Gasteiger partial charge in [0.05, 0.1) is 13.2 Å². The van der Waals surface area contributed by atoms with E-state index >= 15 is 0 Å². The SMILES string of the molecule is CCC(NCC1(C)COC1)c1ccc(Cl)cc1. The molecule has 1 N–H and O–H groups in total. The topological polar surface area (TPSA) is 21.3 Å². The molecule has 1 fully saturated rings. The maximum Gasteiger partial charge on any atom is 0.0554 e. The molecule has 0 saturated carbocycles. The van der Waals surface area contributed by atoms with Crippen LogP contribution in [-0.2, 0) is 4.74 Å². The molecule has 1 atom stereocenters. The second kappa shape index (κ2) is 5.38. The summed E-state index contributed by atoms with van der Waals surface area (Å²) in [5.41, 5.74) is 1.63. The number of rotatable bonds is 5. The summed E-state index contributed by atoms with van der Waals surface area (Å²) in [6.45, 7) is 7.21. The predicted molar refractivity (Wildman–Crippen MR) is 71.4 cm³/mol. The van der Waals surface area contributed by atoms with Gasteiger partial charge in [-0.3, -0.25) is 0 Å². The van der Waals surface area contributed by atoms with Gasteiger partial charge in [-0.15, -0.1) is 0 Å². The molecule has 1 aliphatic rings. The smallest absolute Gasteiger partial charge is 0.0554 e. The standard InChI is InChI=1S/C14H20ClNO/c1-3-13(11-4-6-12(15)7-5-11)16-8-14(2)9-17-10-14/h4-7,13,16H,3,8-10H2,1-2H3. The van der Waals surface area contributed by atoms with E-state index in [9.17, 15) is 0 Å². The van der Waals surface area contributed by atoms with Gasteiger partial charge in [0.25, 0.3) is 0 Å². The van der Waals surface area contributed by atoms with Gasteiger partial charge >= 0.3 is 0 Å². The first-order valence-corrected chi connectivity index (χ1v) is 6.57. The number of hydrogen-bond acceptors (Lipinski definition) is 2. The molecule has 0 aliphatic carbocycles. The van der Waals surface area contributed by atoms with Crippen LogP contribution >= 0.6 is 11.6 Å². The van der Waals surface area contributed by atoms with Crippen LogP contribution < -0.4 is 5.32 Å². The zero-order valence-electron chi connectivity index (χ0n) is 10.5. The van der Waals surface area contributed by atoms with E-state index in [2.05, 4.69) is 31.3 Å². The summed E-state index contributed by atoms with van der Waals surface area (Å²) in [6, 6.07) is 8.52. The van der Waals surface area contributed by atoms with Crippen molar-refractivity contribution in [3.05, 3.63) is 34.9 Å². The van der Waals surface area contributed by atoms with E-state index in [-0.39, 0.29) is 0 Å². The number of hydrogen-bond donors (Lipinski definition) is 1. The Bertz CT molecular complexity index is 359. The minimum atomic E-state index is 0.319. The van der Waals surface area contributed by atoms with Crippen LogP contribution in [0, 0.1) is 5.41 Å². The largest absolute Gasteiger partial charge is 0.380 e. The molecule has 0 bridgehead atoms. The van der Waals surface area contributed by atoms with Crippen LogP contribution in [0.5, 0.6) is 0 Å². The van der Waals surface area contributed by atoms with Crippen molar-refractivity contribution in [2.75, 3.05) is 19.8 Å². The molecule has 1 aromatic carbocycles. The number of nitrogens with one attached hydrogen (secondary N) is 1. The van der Waals surface area contributed by atoms with Crippen molar-refractivity contribution in [1.82, 2.24) is 5.32 Å². The Morgan fingerprint density at radius 3 is 2.47 bits per heavy atom. The van der Waals surface area contributed by atoms with Gasteiger partial charge < -0.3 is 10.1 Å². The number of ether oxygens (including phenoxy) is 1.